The predicted molar refractivity (Wildman–Crippen MR) is 135 cm³/mol. The minimum atomic E-state index is -2.02. The first-order valence-corrected chi connectivity index (χ1v) is 14.0. The molecule has 1 heterocycles. The monoisotopic (exact) mass is 467 g/mol. The molecule has 0 aliphatic rings. The molecule has 8 heteroatoms. The first kappa shape index (κ1) is 24.8. The van der Waals surface area contributed by atoms with Crippen LogP contribution in [0.2, 0.25) is 18.1 Å². The van der Waals surface area contributed by atoms with E-state index in [2.05, 4.69) is 44.2 Å². The molecule has 176 valence electrons. The van der Waals surface area contributed by atoms with Crippen molar-refractivity contribution in [2.45, 2.75) is 51.6 Å². The molecule has 2 aromatic carbocycles. The van der Waals surface area contributed by atoms with Crippen molar-refractivity contribution in [1.82, 2.24) is 4.98 Å². The molecule has 3 aromatic rings. The van der Waals surface area contributed by atoms with Crippen LogP contribution in [0.5, 0.6) is 0 Å². The molecule has 0 amide bonds. The van der Waals surface area contributed by atoms with Crippen LogP contribution >= 0.6 is 0 Å². The Morgan fingerprint density at radius 3 is 2.39 bits per heavy atom. The molecule has 1 atom stereocenters. The van der Waals surface area contributed by atoms with E-state index < -0.39 is 13.2 Å². The average Bonchev–Trinajstić information content (AvgIpc) is 2.77. The minimum Gasteiger partial charge on any atom is -0.415 e. The molecule has 1 N–H and O–H groups in total. The summed E-state index contributed by atoms with van der Waals surface area (Å²) in [6.45, 7) is 12.1. The van der Waals surface area contributed by atoms with E-state index in [9.17, 15) is 10.1 Å². The maximum Gasteiger partial charge on any atom is 0.311 e. The fourth-order valence-electron chi connectivity index (χ4n) is 3.18. The molecule has 1 unspecified atom stereocenters. The van der Waals surface area contributed by atoms with Gasteiger partial charge in [-0.05, 0) is 29.8 Å². The van der Waals surface area contributed by atoms with E-state index in [1.54, 1.807) is 0 Å². The van der Waals surface area contributed by atoms with Crippen LogP contribution in [-0.4, -0.2) is 37.5 Å². The number of benzene rings is 2. The predicted octanol–water partition coefficient (Wildman–Crippen LogP) is 6.16. The SMILES string of the molecule is CC(C)(C)[Si](C)(C)OCC(COCc1ccccc1)Nc1c([N+](=O)[O-])cnc2ccccc12. The number of pyridine rings is 1. The van der Waals surface area contributed by atoms with Gasteiger partial charge in [-0.2, -0.15) is 0 Å². The lowest BCUT2D eigenvalue weighted by Gasteiger charge is -2.37. The third-order valence-corrected chi connectivity index (χ3v) is 10.7. The number of anilines is 1. The van der Waals surface area contributed by atoms with Crippen molar-refractivity contribution in [2.75, 3.05) is 18.5 Å². The van der Waals surface area contributed by atoms with E-state index >= 15 is 0 Å². The van der Waals surface area contributed by atoms with Gasteiger partial charge in [-0.3, -0.25) is 10.1 Å². The first-order chi connectivity index (χ1) is 15.6. The van der Waals surface area contributed by atoms with Gasteiger partial charge in [0.05, 0.1) is 36.3 Å². The average molecular weight is 468 g/mol. The highest BCUT2D eigenvalue weighted by Crippen LogP contribution is 2.37. The maximum atomic E-state index is 11.8. The number of hydrogen-bond donors (Lipinski definition) is 1. The Morgan fingerprint density at radius 2 is 1.73 bits per heavy atom. The van der Waals surface area contributed by atoms with Gasteiger partial charge in [0.2, 0.25) is 0 Å². The second-order valence-electron chi connectivity index (χ2n) is 9.71. The number of para-hydroxylation sites is 1. The zero-order valence-electron chi connectivity index (χ0n) is 20.0. The molecular weight excluding hydrogens is 434 g/mol. The van der Waals surface area contributed by atoms with Crippen LogP contribution in [0, 0.1) is 10.1 Å². The molecule has 0 fully saturated rings. The van der Waals surface area contributed by atoms with Crippen molar-refractivity contribution < 1.29 is 14.1 Å². The van der Waals surface area contributed by atoms with Crippen molar-refractivity contribution in [3.05, 3.63) is 76.5 Å². The van der Waals surface area contributed by atoms with Gasteiger partial charge in [0.25, 0.3) is 0 Å². The molecule has 3 rings (SSSR count). The first-order valence-electron chi connectivity index (χ1n) is 11.1. The number of rotatable bonds is 10. The molecule has 0 bridgehead atoms. The van der Waals surface area contributed by atoms with Crippen molar-refractivity contribution in [3.8, 4) is 0 Å². The number of fused-ring (bicyclic) bond motifs is 1. The highest BCUT2D eigenvalue weighted by Gasteiger charge is 2.37. The van der Waals surface area contributed by atoms with Crippen LogP contribution in [-0.2, 0) is 15.8 Å². The summed E-state index contributed by atoms with van der Waals surface area (Å²) in [5.41, 5.74) is 2.15. The van der Waals surface area contributed by atoms with Gasteiger partial charge in [-0.25, -0.2) is 4.98 Å². The summed E-state index contributed by atoms with van der Waals surface area (Å²) in [6, 6.07) is 17.1. The van der Waals surface area contributed by atoms with Gasteiger partial charge in [0.1, 0.15) is 11.9 Å². The fraction of sp³-hybridized carbons (Fsp3) is 0.400. The number of aromatic nitrogens is 1. The maximum absolute atomic E-state index is 11.8. The fourth-order valence-corrected chi connectivity index (χ4v) is 4.23. The molecule has 0 saturated heterocycles. The summed E-state index contributed by atoms with van der Waals surface area (Å²) in [7, 11) is -2.02. The Hall–Kier alpha value is -2.81. The summed E-state index contributed by atoms with van der Waals surface area (Å²) >= 11 is 0. The van der Waals surface area contributed by atoms with Gasteiger partial charge in [0.15, 0.2) is 8.32 Å². The van der Waals surface area contributed by atoms with Crippen LogP contribution in [0.15, 0.2) is 60.8 Å². The lowest BCUT2D eigenvalue weighted by atomic mass is 10.1. The third-order valence-electron chi connectivity index (χ3n) is 6.18. The number of nitrogens with one attached hydrogen (secondary N) is 1. The van der Waals surface area contributed by atoms with Crippen LogP contribution in [0.4, 0.5) is 11.4 Å². The Labute approximate surface area is 196 Å². The van der Waals surface area contributed by atoms with Gasteiger partial charge >= 0.3 is 5.69 Å². The summed E-state index contributed by atoms with van der Waals surface area (Å²) in [6.07, 6.45) is 1.31. The van der Waals surface area contributed by atoms with E-state index in [0.717, 1.165) is 5.56 Å². The highest BCUT2D eigenvalue weighted by molar-refractivity contribution is 6.74. The summed E-state index contributed by atoms with van der Waals surface area (Å²) < 4.78 is 12.5. The molecule has 0 spiro atoms. The summed E-state index contributed by atoms with van der Waals surface area (Å²) in [5.74, 6) is 0. The third kappa shape index (κ3) is 6.37. The minimum absolute atomic E-state index is 0.0534. The highest BCUT2D eigenvalue weighted by atomic mass is 28.4. The van der Waals surface area contributed by atoms with Crippen molar-refractivity contribution in [3.63, 3.8) is 0 Å². The lowest BCUT2D eigenvalue weighted by Crippen LogP contribution is -2.44. The van der Waals surface area contributed by atoms with Gasteiger partial charge in [-0.15, -0.1) is 0 Å². The normalized spacial score (nSPS) is 13.1. The molecule has 0 aliphatic heterocycles. The van der Waals surface area contributed by atoms with E-state index in [1.807, 2.05) is 54.6 Å². The van der Waals surface area contributed by atoms with Gasteiger partial charge in [0, 0.05) is 5.39 Å². The van der Waals surface area contributed by atoms with Crippen molar-refractivity contribution in [1.29, 1.82) is 0 Å². The van der Waals surface area contributed by atoms with E-state index in [1.165, 1.54) is 6.20 Å². The molecule has 0 radical (unpaired) electrons. The lowest BCUT2D eigenvalue weighted by molar-refractivity contribution is -0.384. The van der Waals surface area contributed by atoms with Crippen molar-refractivity contribution in [2.24, 2.45) is 0 Å². The Morgan fingerprint density at radius 1 is 1.06 bits per heavy atom. The zero-order chi connectivity index (χ0) is 24.1. The molecule has 7 nitrogen and oxygen atoms in total. The number of hydrogen-bond acceptors (Lipinski definition) is 6. The Bertz CT molecular complexity index is 1080. The van der Waals surface area contributed by atoms with E-state index in [4.69, 9.17) is 9.16 Å². The smallest absolute Gasteiger partial charge is 0.311 e. The van der Waals surface area contributed by atoms with Crippen LogP contribution in [0.25, 0.3) is 10.9 Å². The van der Waals surface area contributed by atoms with Gasteiger partial charge in [-0.1, -0.05) is 69.3 Å². The largest absolute Gasteiger partial charge is 0.415 e. The topological polar surface area (TPSA) is 86.5 Å². The molecule has 0 aliphatic carbocycles. The Kier molecular flexibility index (Phi) is 7.83. The van der Waals surface area contributed by atoms with E-state index in [-0.39, 0.29) is 16.8 Å². The van der Waals surface area contributed by atoms with E-state index in [0.29, 0.717) is 36.4 Å². The van der Waals surface area contributed by atoms with Crippen LogP contribution < -0.4 is 5.32 Å². The summed E-state index contributed by atoms with van der Waals surface area (Å²) in [5, 5.41) is 15.9. The molecule has 33 heavy (non-hydrogen) atoms. The van der Waals surface area contributed by atoms with Gasteiger partial charge < -0.3 is 14.5 Å². The standard InChI is InChI=1S/C25H33N3O4Si/c1-25(2,3)33(4,5)32-18-20(17-31-16-19-11-7-6-8-12-19)27-24-21-13-9-10-14-22(21)26-15-23(24)28(29)30/h6-15,20H,16-18H2,1-5H3,(H,26,27). The Balaban J connectivity index is 1.85. The summed E-state index contributed by atoms with van der Waals surface area (Å²) in [4.78, 5) is 15.6. The number of ether oxygens (including phenoxy) is 1. The second-order valence-corrected chi connectivity index (χ2v) is 14.5. The van der Waals surface area contributed by atoms with Crippen LogP contribution in [0.3, 0.4) is 0 Å². The number of nitro groups is 1. The second kappa shape index (κ2) is 10.4. The number of nitrogens with zero attached hydrogens (tertiary/aromatic N) is 2. The van der Waals surface area contributed by atoms with Crippen molar-refractivity contribution >= 4 is 30.6 Å². The van der Waals surface area contributed by atoms with Crippen LogP contribution in [0.1, 0.15) is 26.3 Å². The molecule has 1 aromatic heterocycles. The quantitative estimate of drug-likeness (QED) is 0.218. The molecular formula is C25H33N3O4Si. The zero-order valence-corrected chi connectivity index (χ0v) is 21.0. The molecule has 0 saturated carbocycles.